The lowest BCUT2D eigenvalue weighted by molar-refractivity contribution is 0.510. The Balaban J connectivity index is 2.16. The van der Waals surface area contributed by atoms with Crippen molar-refractivity contribution in [1.82, 2.24) is 5.32 Å². The summed E-state index contributed by atoms with van der Waals surface area (Å²) in [6.45, 7) is 4.85. The maximum absolute atomic E-state index is 13.2. The zero-order valence-electron chi connectivity index (χ0n) is 10.7. The first-order valence-corrected chi connectivity index (χ1v) is 6.22. The summed E-state index contributed by atoms with van der Waals surface area (Å²) in [4.78, 5) is 0. The van der Waals surface area contributed by atoms with Gasteiger partial charge in [-0.1, -0.05) is 19.1 Å². The van der Waals surface area contributed by atoms with Gasteiger partial charge in [0.05, 0.1) is 6.26 Å². The predicted molar refractivity (Wildman–Crippen MR) is 70.0 cm³/mol. The van der Waals surface area contributed by atoms with Crippen LogP contribution in [0.2, 0.25) is 0 Å². The summed E-state index contributed by atoms with van der Waals surface area (Å²) in [5, 5.41) is 3.40. The van der Waals surface area contributed by atoms with Crippen molar-refractivity contribution in [2.24, 2.45) is 0 Å². The van der Waals surface area contributed by atoms with E-state index in [2.05, 4.69) is 12.2 Å². The lowest BCUT2D eigenvalue weighted by Crippen LogP contribution is -2.22. The van der Waals surface area contributed by atoms with Crippen molar-refractivity contribution in [3.63, 3.8) is 0 Å². The fraction of sp³-hybridized carbons (Fsp3) is 0.333. The molecule has 0 aliphatic heterocycles. The van der Waals surface area contributed by atoms with E-state index in [-0.39, 0.29) is 11.9 Å². The second kappa shape index (κ2) is 5.83. The van der Waals surface area contributed by atoms with Crippen LogP contribution < -0.4 is 5.32 Å². The van der Waals surface area contributed by atoms with Gasteiger partial charge in [-0.15, -0.1) is 0 Å². The van der Waals surface area contributed by atoms with Crippen LogP contribution in [0.15, 0.2) is 41.0 Å². The number of furan rings is 1. The Bertz CT molecular complexity index is 507. The molecule has 0 spiro atoms. The van der Waals surface area contributed by atoms with Crippen LogP contribution in [0.3, 0.4) is 0 Å². The van der Waals surface area contributed by atoms with E-state index in [1.54, 1.807) is 18.4 Å². The van der Waals surface area contributed by atoms with Gasteiger partial charge >= 0.3 is 0 Å². The molecule has 2 nitrogen and oxygen atoms in total. The van der Waals surface area contributed by atoms with Gasteiger partial charge in [-0.25, -0.2) is 4.39 Å². The van der Waals surface area contributed by atoms with E-state index >= 15 is 0 Å². The lowest BCUT2D eigenvalue weighted by Gasteiger charge is -2.16. The van der Waals surface area contributed by atoms with Crippen LogP contribution in [0.25, 0.3) is 0 Å². The third kappa shape index (κ3) is 3.20. The van der Waals surface area contributed by atoms with E-state index < -0.39 is 0 Å². The molecule has 1 aromatic carbocycles. The van der Waals surface area contributed by atoms with Crippen LogP contribution in [0.4, 0.5) is 4.39 Å². The Morgan fingerprint density at radius 2 is 2.17 bits per heavy atom. The van der Waals surface area contributed by atoms with Crippen LogP contribution in [0.5, 0.6) is 0 Å². The van der Waals surface area contributed by atoms with Crippen LogP contribution in [-0.2, 0) is 6.42 Å². The average molecular weight is 247 g/mol. The molecule has 0 fully saturated rings. The summed E-state index contributed by atoms with van der Waals surface area (Å²) in [6.07, 6.45) is 2.52. The summed E-state index contributed by atoms with van der Waals surface area (Å²) < 4.78 is 18.5. The number of benzene rings is 1. The number of aryl methyl sites for hydroxylation is 1. The highest BCUT2D eigenvalue weighted by atomic mass is 19.1. The van der Waals surface area contributed by atoms with Gasteiger partial charge < -0.3 is 9.73 Å². The zero-order chi connectivity index (χ0) is 13.0. The minimum absolute atomic E-state index is 0.161. The second-order valence-corrected chi connectivity index (χ2v) is 4.43. The van der Waals surface area contributed by atoms with Gasteiger partial charge in [0.15, 0.2) is 0 Å². The highest BCUT2D eigenvalue weighted by Crippen LogP contribution is 2.21. The summed E-state index contributed by atoms with van der Waals surface area (Å²) in [6, 6.07) is 8.92. The van der Waals surface area contributed by atoms with Crippen molar-refractivity contribution in [2.45, 2.75) is 26.3 Å². The molecule has 1 atom stereocenters. The van der Waals surface area contributed by atoms with Crippen molar-refractivity contribution in [3.8, 4) is 0 Å². The third-order valence-electron chi connectivity index (χ3n) is 2.93. The zero-order valence-corrected chi connectivity index (χ0v) is 10.7. The van der Waals surface area contributed by atoms with Crippen molar-refractivity contribution < 1.29 is 8.81 Å². The van der Waals surface area contributed by atoms with Gasteiger partial charge in [-0.05, 0) is 43.7 Å². The summed E-state index contributed by atoms with van der Waals surface area (Å²) in [5.74, 6) is 0.707. The molecule has 0 aliphatic rings. The van der Waals surface area contributed by atoms with Crippen LogP contribution in [-0.4, -0.2) is 6.54 Å². The van der Waals surface area contributed by atoms with E-state index in [1.807, 2.05) is 19.1 Å². The molecule has 1 N–H and O–H groups in total. The van der Waals surface area contributed by atoms with Gasteiger partial charge in [-0.3, -0.25) is 0 Å². The molecular weight excluding hydrogens is 229 g/mol. The minimum Gasteiger partial charge on any atom is -0.469 e. The lowest BCUT2D eigenvalue weighted by atomic mass is 10.0. The standard InChI is InChI=1S/C15H18FNO/c1-3-17-15(13-7-11(2)18-10-13)9-12-5-4-6-14(16)8-12/h4-8,10,15,17H,3,9H2,1-2H3. The number of likely N-dealkylation sites (N-methyl/N-ethyl adjacent to an activating group) is 1. The summed E-state index contributed by atoms with van der Waals surface area (Å²) in [7, 11) is 0. The molecule has 0 aliphatic carbocycles. The molecule has 2 aromatic rings. The Morgan fingerprint density at radius 1 is 1.33 bits per heavy atom. The van der Waals surface area contributed by atoms with Gasteiger partial charge in [0.2, 0.25) is 0 Å². The van der Waals surface area contributed by atoms with E-state index in [0.29, 0.717) is 0 Å². The molecule has 96 valence electrons. The number of rotatable bonds is 5. The Labute approximate surface area is 107 Å². The van der Waals surface area contributed by atoms with E-state index in [4.69, 9.17) is 4.42 Å². The molecular formula is C15H18FNO. The van der Waals surface area contributed by atoms with Crippen molar-refractivity contribution in [2.75, 3.05) is 6.54 Å². The van der Waals surface area contributed by atoms with Gasteiger partial charge in [0.25, 0.3) is 0 Å². The highest BCUT2D eigenvalue weighted by molar-refractivity contribution is 5.23. The molecule has 0 radical (unpaired) electrons. The Hall–Kier alpha value is -1.61. The fourth-order valence-electron chi connectivity index (χ4n) is 2.10. The summed E-state index contributed by atoms with van der Waals surface area (Å²) >= 11 is 0. The maximum Gasteiger partial charge on any atom is 0.123 e. The SMILES string of the molecule is CCNC(Cc1cccc(F)c1)c1coc(C)c1. The first kappa shape index (κ1) is 12.8. The molecule has 3 heteroatoms. The molecule has 0 saturated carbocycles. The quantitative estimate of drug-likeness (QED) is 0.873. The first-order chi connectivity index (χ1) is 8.69. The number of nitrogens with one attached hydrogen (secondary N) is 1. The molecule has 1 heterocycles. The monoisotopic (exact) mass is 247 g/mol. The maximum atomic E-state index is 13.2. The third-order valence-corrected chi connectivity index (χ3v) is 2.93. The van der Waals surface area contributed by atoms with Crippen molar-refractivity contribution in [3.05, 3.63) is 59.3 Å². The first-order valence-electron chi connectivity index (χ1n) is 6.22. The minimum atomic E-state index is -0.189. The normalized spacial score (nSPS) is 12.6. The predicted octanol–water partition coefficient (Wildman–Crippen LogP) is 3.62. The molecule has 18 heavy (non-hydrogen) atoms. The molecule has 1 aromatic heterocycles. The van der Waals surface area contributed by atoms with Crippen LogP contribution >= 0.6 is 0 Å². The van der Waals surface area contributed by atoms with Gasteiger partial charge in [0.1, 0.15) is 11.6 Å². The van der Waals surface area contributed by atoms with E-state index in [0.717, 1.165) is 29.9 Å². The van der Waals surface area contributed by atoms with E-state index in [1.165, 1.54) is 6.07 Å². The van der Waals surface area contributed by atoms with Crippen molar-refractivity contribution >= 4 is 0 Å². The molecule has 0 amide bonds. The average Bonchev–Trinajstić information content (AvgIpc) is 2.75. The largest absolute Gasteiger partial charge is 0.469 e. The molecule has 0 saturated heterocycles. The Morgan fingerprint density at radius 3 is 2.78 bits per heavy atom. The van der Waals surface area contributed by atoms with Crippen LogP contribution in [0.1, 0.15) is 29.9 Å². The molecule has 1 unspecified atom stereocenters. The van der Waals surface area contributed by atoms with Gasteiger partial charge in [0, 0.05) is 11.6 Å². The number of hydrogen-bond acceptors (Lipinski definition) is 2. The molecule has 2 rings (SSSR count). The second-order valence-electron chi connectivity index (χ2n) is 4.43. The van der Waals surface area contributed by atoms with Crippen LogP contribution in [0, 0.1) is 12.7 Å². The summed E-state index contributed by atoms with van der Waals surface area (Å²) in [5.41, 5.74) is 2.10. The van der Waals surface area contributed by atoms with Gasteiger partial charge in [-0.2, -0.15) is 0 Å². The Kier molecular flexibility index (Phi) is 4.15. The smallest absolute Gasteiger partial charge is 0.123 e. The molecule has 0 bridgehead atoms. The highest BCUT2D eigenvalue weighted by Gasteiger charge is 2.13. The fourth-order valence-corrected chi connectivity index (χ4v) is 2.10. The van der Waals surface area contributed by atoms with Crippen molar-refractivity contribution in [1.29, 1.82) is 0 Å². The number of hydrogen-bond donors (Lipinski definition) is 1. The number of halogens is 1. The topological polar surface area (TPSA) is 25.2 Å². The van der Waals surface area contributed by atoms with E-state index in [9.17, 15) is 4.39 Å².